The molecule has 0 aliphatic rings. The van der Waals surface area contributed by atoms with E-state index in [0.29, 0.717) is 16.5 Å². The molecule has 2 aromatic carbocycles. The molecule has 4 nitrogen and oxygen atoms in total. The van der Waals surface area contributed by atoms with E-state index in [1.54, 1.807) is 36.4 Å². The summed E-state index contributed by atoms with van der Waals surface area (Å²) in [6.07, 6.45) is -0.765. The van der Waals surface area contributed by atoms with Gasteiger partial charge in [-0.2, -0.15) is 0 Å². The number of nitrogens with one attached hydrogen (secondary N) is 1. The zero-order valence-electron chi connectivity index (χ0n) is 13.5. The Bertz CT molecular complexity index is 739. The van der Waals surface area contributed by atoms with Crippen molar-refractivity contribution in [3.8, 4) is 0 Å². The second kappa shape index (κ2) is 9.44. The molecular formula is C18H17ClFNO3S. The summed E-state index contributed by atoms with van der Waals surface area (Å²) in [5, 5.41) is 3.13. The van der Waals surface area contributed by atoms with E-state index in [-0.39, 0.29) is 12.2 Å². The number of ether oxygens (including phenoxy) is 1. The van der Waals surface area contributed by atoms with E-state index >= 15 is 0 Å². The van der Waals surface area contributed by atoms with Crippen molar-refractivity contribution in [3.05, 3.63) is 59.4 Å². The fourth-order valence-electron chi connectivity index (χ4n) is 1.90. The van der Waals surface area contributed by atoms with Crippen molar-refractivity contribution in [2.75, 3.05) is 11.1 Å². The lowest BCUT2D eigenvalue weighted by Gasteiger charge is -2.13. The average molecular weight is 382 g/mol. The zero-order chi connectivity index (χ0) is 18.2. The Kier molecular flexibility index (Phi) is 7.28. The molecule has 1 atom stereocenters. The molecule has 0 radical (unpaired) electrons. The molecule has 132 valence electrons. The van der Waals surface area contributed by atoms with Crippen molar-refractivity contribution in [2.45, 2.75) is 24.3 Å². The molecule has 25 heavy (non-hydrogen) atoms. The highest BCUT2D eigenvalue weighted by Crippen LogP contribution is 2.19. The van der Waals surface area contributed by atoms with Crippen LogP contribution in [0.1, 0.15) is 13.3 Å². The number of esters is 1. The molecule has 0 saturated carbocycles. The Hall–Kier alpha value is -2.05. The summed E-state index contributed by atoms with van der Waals surface area (Å²) in [5.74, 6) is -0.721. The van der Waals surface area contributed by atoms with Crippen LogP contribution in [0.3, 0.4) is 0 Å². The van der Waals surface area contributed by atoms with Crippen molar-refractivity contribution in [2.24, 2.45) is 0 Å². The van der Waals surface area contributed by atoms with Crippen LogP contribution in [0.25, 0.3) is 0 Å². The molecular weight excluding hydrogens is 365 g/mol. The molecule has 0 aromatic heterocycles. The first-order valence-corrected chi connectivity index (χ1v) is 8.94. The van der Waals surface area contributed by atoms with Gasteiger partial charge in [0.2, 0.25) is 0 Å². The van der Waals surface area contributed by atoms with E-state index in [4.69, 9.17) is 16.3 Å². The number of carbonyl (C=O) groups excluding carboxylic acids is 2. The number of rotatable bonds is 7. The average Bonchev–Trinajstić information content (AvgIpc) is 2.56. The number of anilines is 1. The van der Waals surface area contributed by atoms with Crippen molar-refractivity contribution in [1.82, 2.24) is 0 Å². The molecule has 0 aliphatic heterocycles. The molecule has 0 aliphatic carbocycles. The molecule has 7 heteroatoms. The first-order chi connectivity index (χ1) is 11.9. The lowest BCUT2D eigenvalue weighted by atomic mass is 10.3. The predicted octanol–water partition coefficient (Wildman–Crippen LogP) is 4.53. The fraction of sp³-hybridized carbons (Fsp3) is 0.222. The third kappa shape index (κ3) is 6.76. The van der Waals surface area contributed by atoms with Crippen LogP contribution in [0.15, 0.2) is 53.4 Å². The predicted molar refractivity (Wildman–Crippen MR) is 97.4 cm³/mol. The number of carbonyl (C=O) groups is 2. The van der Waals surface area contributed by atoms with Gasteiger partial charge in [-0.05, 0) is 49.4 Å². The van der Waals surface area contributed by atoms with Gasteiger partial charge in [-0.25, -0.2) is 4.39 Å². The first kappa shape index (κ1) is 19.3. The van der Waals surface area contributed by atoms with E-state index in [2.05, 4.69) is 5.32 Å². The molecule has 0 heterocycles. The van der Waals surface area contributed by atoms with E-state index in [9.17, 15) is 14.0 Å². The van der Waals surface area contributed by atoms with Crippen molar-refractivity contribution >= 4 is 40.9 Å². The maximum Gasteiger partial charge on any atom is 0.307 e. The largest absolute Gasteiger partial charge is 0.453 e. The minimum atomic E-state index is -0.915. The Labute approximate surface area is 154 Å². The number of thioether (sulfide) groups is 1. The van der Waals surface area contributed by atoms with Gasteiger partial charge in [0.15, 0.2) is 6.10 Å². The van der Waals surface area contributed by atoms with Gasteiger partial charge in [0.05, 0.1) is 6.42 Å². The van der Waals surface area contributed by atoms with Crippen LogP contribution < -0.4 is 5.32 Å². The monoisotopic (exact) mass is 381 g/mol. The SMILES string of the molecule is C[C@H](OC(=O)CCSc1ccc(F)cc1)C(=O)Nc1cccc(Cl)c1. The Morgan fingerprint density at radius 1 is 1.24 bits per heavy atom. The molecule has 0 fully saturated rings. The lowest BCUT2D eigenvalue weighted by molar-refractivity contribution is -0.152. The highest BCUT2D eigenvalue weighted by atomic mass is 35.5. The molecule has 1 N–H and O–H groups in total. The first-order valence-electron chi connectivity index (χ1n) is 7.58. The minimum Gasteiger partial charge on any atom is -0.453 e. The quantitative estimate of drug-likeness (QED) is 0.565. The maximum atomic E-state index is 12.8. The van der Waals surface area contributed by atoms with E-state index in [0.717, 1.165) is 4.90 Å². The van der Waals surface area contributed by atoms with Crippen LogP contribution in [0.4, 0.5) is 10.1 Å². The standard InChI is InChI=1S/C18H17ClFNO3S/c1-12(18(23)21-15-4-2-3-13(19)11-15)24-17(22)9-10-25-16-7-5-14(20)6-8-16/h2-8,11-12H,9-10H2,1H3,(H,21,23)/t12-/m0/s1. The van der Waals surface area contributed by atoms with Gasteiger partial charge < -0.3 is 10.1 Å². The summed E-state index contributed by atoms with van der Waals surface area (Å²) in [6, 6.07) is 12.7. The molecule has 0 unspecified atom stereocenters. The summed E-state index contributed by atoms with van der Waals surface area (Å²) < 4.78 is 17.9. The van der Waals surface area contributed by atoms with E-state index < -0.39 is 18.0 Å². The van der Waals surface area contributed by atoms with Crippen LogP contribution in [0.2, 0.25) is 5.02 Å². The van der Waals surface area contributed by atoms with Crippen LogP contribution in [-0.4, -0.2) is 23.7 Å². The molecule has 2 aromatic rings. The summed E-state index contributed by atoms with van der Waals surface area (Å²) in [7, 11) is 0. The highest BCUT2D eigenvalue weighted by molar-refractivity contribution is 7.99. The molecule has 0 saturated heterocycles. The van der Waals surface area contributed by atoms with Crippen LogP contribution in [0.5, 0.6) is 0 Å². The van der Waals surface area contributed by atoms with E-state index in [1.165, 1.54) is 30.8 Å². The molecule has 1 amide bonds. The molecule has 0 bridgehead atoms. The second-order valence-corrected chi connectivity index (χ2v) is 6.79. The smallest absolute Gasteiger partial charge is 0.307 e. The topological polar surface area (TPSA) is 55.4 Å². The minimum absolute atomic E-state index is 0.150. The van der Waals surface area contributed by atoms with Gasteiger partial charge in [0.1, 0.15) is 5.82 Å². The van der Waals surface area contributed by atoms with Crippen LogP contribution in [-0.2, 0) is 14.3 Å². The summed E-state index contributed by atoms with van der Waals surface area (Å²) in [5.41, 5.74) is 0.535. The lowest BCUT2D eigenvalue weighted by Crippen LogP contribution is -2.30. The Morgan fingerprint density at radius 3 is 2.64 bits per heavy atom. The van der Waals surface area contributed by atoms with E-state index in [1.807, 2.05) is 0 Å². The van der Waals surface area contributed by atoms with Gasteiger partial charge >= 0.3 is 5.97 Å². The van der Waals surface area contributed by atoms with Gasteiger partial charge in [-0.1, -0.05) is 17.7 Å². The molecule has 2 rings (SSSR count). The number of benzene rings is 2. The van der Waals surface area contributed by atoms with Gasteiger partial charge in [0.25, 0.3) is 5.91 Å². The Morgan fingerprint density at radius 2 is 1.96 bits per heavy atom. The second-order valence-electron chi connectivity index (χ2n) is 5.18. The number of amides is 1. The summed E-state index contributed by atoms with van der Waals surface area (Å²) in [6.45, 7) is 1.50. The zero-order valence-corrected chi connectivity index (χ0v) is 15.1. The molecule has 0 spiro atoms. The number of hydrogen-bond donors (Lipinski definition) is 1. The van der Waals surface area contributed by atoms with Crippen molar-refractivity contribution in [3.63, 3.8) is 0 Å². The van der Waals surface area contributed by atoms with Gasteiger partial charge in [-0.3, -0.25) is 9.59 Å². The third-order valence-electron chi connectivity index (χ3n) is 3.16. The van der Waals surface area contributed by atoms with Gasteiger partial charge in [-0.15, -0.1) is 11.8 Å². The Balaban J connectivity index is 1.73. The summed E-state index contributed by atoms with van der Waals surface area (Å²) >= 11 is 7.26. The number of halogens is 2. The van der Waals surface area contributed by atoms with Crippen molar-refractivity contribution < 1.29 is 18.7 Å². The van der Waals surface area contributed by atoms with Crippen LogP contribution in [0, 0.1) is 5.82 Å². The van der Waals surface area contributed by atoms with Crippen molar-refractivity contribution in [1.29, 1.82) is 0 Å². The summed E-state index contributed by atoms with van der Waals surface area (Å²) in [4.78, 5) is 24.7. The maximum absolute atomic E-state index is 12.8. The fourth-order valence-corrected chi connectivity index (χ4v) is 2.93. The highest BCUT2D eigenvalue weighted by Gasteiger charge is 2.17. The third-order valence-corrected chi connectivity index (χ3v) is 4.41. The number of hydrogen-bond acceptors (Lipinski definition) is 4. The van der Waals surface area contributed by atoms with Gasteiger partial charge in [0, 0.05) is 21.4 Å². The normalized spacial score (nSPS) is 11.6. The van der Waals surface area contributed by atoms with Crippen LogP contribution >= 0.6 is 23.4 Å².